The lowest BCUT2D eigenvalue weighted by Gasteiger charge is -2.07. The molecule has 0 fully saturated rings. The highest BCUT2D eigenvalue weighted by atomic mass is 32.2. The van der Waals surface area contributed by atoms with Crippen LogP contribution in [-0.4, -0.2) is 33.2 Å². The van der Waals surface area contributed by atoms with Gasteiger partial charge in [-0.3, -0.25) is 4.79 Å². The lowest BCUT2D eigenvalue weighted by atomic mass is 10.2. The van der Waals surface area contributed by atoms with Crippen LogP contribution in [0.15, 0.2) is 59.5 Å². The highest BCUT2D eigenvalue weighted by Gasteiger charge is 2.13. The van der Waals surface area contributed by atoms with Crippen molar-refractivity contribution in [1.82, 2.24) is 10.0 Å². The molecule has 2 rings (SSSR count). The minimum absolute atomic E-state index is 0.157. The van der Waals surface area contributed by atoms with Crippen LogP contribution in [0.25, 0.3) is 0 Å². The van der Waals surface area contributed by atoms with Crippen molar-refractivity contribution in [3.63, 3.8) is 0 Å². The van der Waals surface area contributed by atoms with Gasteiger partial charge in [0, 0.05) is 30.2 Å². The average molecular weight is 379 g/mol. The summed E-state index contributed by atoms with van der Waals surface area (Å²) in [5.74, 6) is 1.52. The number of amides is 1. The molecule has 0 aromatic heterocycles. The first-order valence-electron chi connectivity index (χ1n) is 8.02. The maximum atomic E-state index is 12.1. The second-order valence-corrected chi connectivity index (χ2v) is 8.19. The zero-order chi connectivity index (χ0) is 18.1. The second kappa shape index (κ2) is 9.60. The van der Waals surface area contributed by atoms with E-state index in [9.17, 15) is 13.2 Å². The summed E-state index contributed by atoms with van der Waals surface area (Å²) in [5, 5.41) is 2.84. The van der Waals surface area contributed by atoms with E-state index in [1.165, 1.54) is 29.8 Å². The van der Waals surface area contributed by atoms with Gasteiger partial charge in [-0.05, 0) is 29.8 Å². The second-order valence-electron chi connectivity index (χ2n) is 5.32. The summed E-state index contributed by atoms with van der Waals surface area (Å²) in [6.45, 7) is 2.61. The number of hydrogen-bond acceptors (Lipinski definition) is 4. The Hall–Kier alpha value is -1.83. The molecule has 134 valence electrons. The lowest BCUT2D eigenvalue weighted by Crippen LogP contribution is -2.26. The van der Waals surface area contributed by atoms with Crippen LogP contribution in [0, 0.1) is 0 Å². The predicted octanol–water partition coefficient (Wildman–Crippen LogP) is 2.65. The van der Waals surface area contributed by atoms with Crippen molar-refractivity contribution in [3.05, 3.63) is 65.7 Å². The molecule has 7 heteroatoms. The van der Waals surface area contributed by atoms with Gasteiger partial charge in [0.25, 0.3) is 5.91 Å². The molecule has 2 N–H and O–H groups in total. The van der Waals surface area contributed by atoms with Gasteiger partial charge in [-0.1, -0.05) is 37.3 Å². The summed E-state index contributed by atoms with van der Waals surface area (Å²) >= 11 is 1.75. The largest absolute Gasteiger partial charge is 0.351 e. The Morgan fingerprint density at radius 2 is 1.72 bits per heavy atom. The van der Waals surface area contributed by atoms with Crippen molar-refractivity contribution >= 4 is 27.7 Å². The summed E-state index contributed by atoms with van der Waals surface area (Å²) in [7, 11) is -3.49. The Kier molecular flexibility index (Phi) is 7.49. The molecule has 0 aliphatic carbocycles. The van der Waals surface area contributed by atoms with E-state index in [-0.39, 0.29) is 10.8 Å². The van der Waals surface area contributed by atoms with Gasteiger partial charge in [-0.2, -0.15) is 11.8 Å². The van der Waals surface area contributed by atoms with Crippen LogP contribution in [0.5, 0.6) is 0 Å². The predicted molar refractivity (Wildman–Crippen MR) is 102 cm³/mol. The van der Waals surface area contributed by atoms with E-state index in [2.05, 4.69) is 22.2 Å². The normalized spacial score (nSPS) is 11.2. The monoisotopic (exact) mass is 378 g/mol. The fraction of sp³-hybridized carbons (Fsp3) is 0.278. The number of carbonyl (C=O) groups excluding carboxylic acids is 1. The molecular weight excluding hydrogens is 356 g/mol. The third kappa shape index (κ3) is 6.19. The number of sulfonamides is 1. The summed E-state index contributed by atoms with van der Waals surface area (Å²) in [5.41, 5.74) is 1.71. The van der Waals surface area contributed by atoms with E-state index in [0.717, 1.165) is 11.5 Å². The summed E-state index contributed by atoms with van der Waals surface area (Å²) in [6, 6.07) is 16.1. The molecule has 1 amide bonds. The van der Waals surface area contributed by atoms with Crippen LogP contribution in [0.2, 0.25) is 0 Å². The topological polar surface area (TPSA) is 75.3 Å². The smallest absolute Gasteiger partial charge is 0.251 e. The molecule has 0 spiro atoms. The van der Waals surface area contributed by atoms with Crippen LogP contribution in [0.1, 0.15) is 22.8 Å². The van der Waals surface area contributed by atoms with Gasteiger partial charge in [0.1, 0.15) is 0 Å². The molecule has 2 aromatic carbocycles. The molecule has 25 heavy (non-hydrogen) atoms. The Bertz CT molecular complexity index is 776. The van der Waals surface area contributed by atoms with Crippen LogP contribution in [0.4, 0.5) is 0 Å². The number of carbonyl (C=O) groups is 1. The molecule has 0 radical (unpaired) electrons. The zero-order valence-electron chi connectivity index (χ0n) is 14.1. The van der Waals surface area contributed by atoms with Gasteiger partial charge in [-0.15, -0.1) is 0 Å². The molecule has 0 aliphatic heterocycles. The highest BCUT2D eigenvalue weighted by molar-refractivity contribution is 7.98. The highest BCUT2D eigenvalue weighted by Crippen LogP contribution is 2.12. The van der Waals surface area contributed by atoms with Crippen molar-refractivity contribution in [2.24, 2.45) is 0 Å². The molecule has 0 unspecified atom stereocenters. The SMILES string of the molecule is CCNS(=O)(=O)c1ccc(C(=O)NCCSCc2ccccc2)cc1. The van der Waals surface area contributed by atoms with Crippen LogP contribution >= 0.6 is 11.8 Å². The Morgan fingerprint density at radius 3 is 2.36 bits per heavy atom. The van der Waals surface area contributed by atoms with Crippen LogP contribution in [0.3, 0.4) is 0 Å². The third-order valence-corrected chi connectivity index (χ3v) is 6.00. The van der Waals surface area contributed by atoms with Gasteiger partial charge in [0.2, 0.25) is 10.0 Å². The molecule has 0 atom stereocenters. The molecule has 5 nitrogen and oxygen atoms in total. The Labute approximate surface area is 153 Å². The van der Waals surface area contributed by atoms with E-state index in [1.807, 2.05) is 18.2 Å². The fourth-order valence-corrected chi connectivity index (χ4v) is 4.02. The number of benzene rings is 2. The van der Waals surface area contributed by atoms with Crippen molar-refractivity contribution in [2.75, 3.05) is 18.8 Å². The molecule has 0 bridgehead atoms. The van der Waals surface area contributed by atoms with Crippen molar-refractivity contribution < 1.29 is 13.2 Å². The van der Waals surface area contributed by atoms with Gasteiger partial charge in [0.15, 0.2) is 0 Å². The average Bonchev–Trinajstić information content (AvgIpc) is 2.62. The van der Waals surface area contributed by atoms with E-state index in [4.69, 9.17) is 0 Å². The van der Waals surface area contributed by atoms with Gasteiger partial charge < -0.3 is 5.32 Å². The first-order chi connectivity index (χ1) is 12.0. The molecule has 0 aliphatic rings. The van der Waals surface area contributed by atoms with Crippen LogP contribution in [-0.2, 0) is 15.8 Å². The van der Waals surface area contributed by atoms with E-state index >= 15 is 0 Å². The zero-order valence-corrected chi connectivity index (χ0v) is 15.7. The molecule has 0 saturated carbocycles. The van der Waals surface area contributed by atoms with Gasteiger partial charge in [-0.25, -0.2) is 13.1 Å². The minimum Gasteiger partial charge on any atom is -0.351 e. The maximum Gasteiger partial charge on any atom is 0.251 e. The lowest BCUT2D eigenvalue weighted by molar-refractivity contribution is 0.0956. The number of rotatable bonds is 9. The van der Waals surface area contributed by atoms with Crippen molar-refractivity contribution in [3.8, 4) is 0 Å². The van der Waals surface area contributed by atoms with E-state index in [1.54, 1.807) is 18.7 Å². The van der Waals surface area contributed by atoms with E-state index in [0.29, 0.717) is 18.7 Å². The Morgan fingerprint density at radius 1 is 1.04 bits per heavy atom. The first-order valence-corrected chi connectivity index (χ1v) is 10.7. The fourth-order valence-electron chi connectivity index (χ4n) is 2.16. The Balaban J connectivity index is 1.77. The number of nitrogens with one attached hydrogen (secondary N) is 2. The summed E-state index contributed by atoms with van der Waals surface area (Å²) in [4.78, 5) is 12.2. The van der Waals surface area contributed by atoms with Crippen LogP contribution < -0.4 is 10.0 Å². The molecular formula is C18H22N2O3S2. The van der Waals surface area contributed by atoms with Crippen molar-refractivity contribution in [2.45, 2.75) is 17.6 Å². The molecule has 0 heterocycles. The maximum absolute atomic E-state index is 12.1. The molecule has 0 saturated heterocycles. The number of hydrogen-bond donors (Lipinski definition) is 2. The molecule has 2 aromatic rings. The standard InChI is InChI=1S/C18H22N2O3S2/c1-2-20-25(22,23)17-10-8-16(9-11-17)18(21)19-12-13-24-14-15-6-4-3-5-7-15/h3-11,20H,2,12-14H2,1H3,(H,19,21). The van der Waals surface area contributed by atoms with Gasteiger partial charge >= 0.3 is 0 Å². The van der Waals surface area contributed by atoms with Gasteiger partial charge in [0.05, 0.1) is 4.90 Å². The number of thioether (sulfide) groups is 1. The summed E-state index contributed by atoms with van der Waals surface area (Å²) < 4.78 is 26.1. The van der Waals surface area contributed by atoms with Crippen molar-refractivity contribution in [1.29, 1.82) is 0 Å². The van der Waals surface area contributed by atoms with E-state index < -0.39 is 10.0 Å². The minimum atomic E-state index is -3.49. The third-order valence-electron chi connectivity index (χ3n) is 3.40. The first kappa shape index (κ1) is 19.5. The quantitative estimate of drug-likeness (QED) is 0.658. The summed E-state index contributed by atoms with van der Waals surface area (Å²) in [6.07, 6.45) is 0.